The zero-order valence-corrected chi connectivity index (χ0v) is 12.5. The lowest BCUT2D eigenvalue weighted by Crippen LogP contribution is -2.56. The van der Waals surface area contributed by atoms with Crippen LogP contribution in [0, 0.1) is 11.3 Å². The van der Waals surface area contributed by atoms with Gasteiger partial charge in [0, 0.05) is 26.2 Å². The van der Waals surface area contributed by atoms with Crippen LogP contribution >= 0.6 is 0 Å². The molecule has 5 nitrogen and oxygen atoms in total. The van der Waals surface area contributed by atoms with E-state index in [0.29, 0.717) is 32.6 Å². The zero-order valence-electron chi connectivity index (χ0n) is 11.6. The minimum Gasteiger partial charge on any atom is -0.283 e. The molecule has 0 aromatic carbocycles. The molecule has 0 aromatic rings. The molecular formula is C13H23N3O2S. The first-order valence-electron chi connectivity index (χ1n) is 7.18. The summed E-state index contributed by atoms with van der Waals surface area (Å²) in [6.45, 7) is 4.33. The van der Waals surface area contributed by atoms with Crippen molar-refractivity contribution >= 4 is 10.0 Å². The highest BCUT2D eigenvalue weighted by molar-refractivity contribution is 7.89. The number of hydrogen-bond donors (Lipinski definition) is 0. The van der Waals surface area contributed by atoms with Gasteiger partial charge in [-0.25, -0.2) is 8.42 Å². The van der Waals surface area contributed by atoms with Gasteiger partial charge >= 0.3 is 0 Å². The predicted molar refractivity (Wildman–Crippen MR) is 74.0 cm³/mol. The van der Waals surface area contributed by atoms with Crippen molar-refractivity contribution in [3.05, 3.63) is 0 Å². The molecule has 1 saturated carbocycles. The van der Waals surface area contributed by atoms with E-state index < -0.39 is 10.0 Å². The highest BCUT2D eigenvalue weighted by Gasteiger charge is 2.42. The zero-order chi connectivity index (χ0) is 13.9. The maximum atomic E-state index is 12.0. The van der Waals surface area contributed by atoms with Gasteiger partial charge in [0.2, 0.25) is 10.0 Å². The number of nitriles is 1. The summed E-state index contributed by atoms with van der Waals surface area (Å²) in [6.07, 6.45) is 4.75. The number of sulfonamides is 1. The first-order valence-corrected chi connectivity index (χ1v) is 8.79. The third-order valence-corrected chi connectivity index (χ3v) is 6.41. The molecule has 19 heavy (non-hydrogen) atoms. The van der Waals surface area contributed by atoms with Gasteiger partial charge in [0.25, 0.3) is 0 Å². The molecule has 0 amide bonds. The summed E-state index contributed by atoms with van der Waals surface area (Å²) in [5.74, 6) is 0.233. The van der Waals surface area contributed by atoms with Crippen LogP contribution in [0.2, 0.25) is 0 Å². The molecule has 0 N–H and O–H groups in total. The molecule has 108 valence electrons. The second-order valence-electron chi connectivity index (χ2n) is 5.55. The minimum absolute atomic E-state index is 0.233. The minimum atomic E-state index is -3.08. The number of nitrogens with zero attached hydrogens (tertiary/aromatic N) is 3. The molecule has 1 heterocycles. The van der Waals surface area contributed by atoms with Crippen molar-refractivity contribution in [1.82, 2.24) is 9.21 Å². The second kappa shape index (κ2) is 5.78. The van der Waals surface area contributed by atoms with Crippen LogP contribution in [0.3, 0.4) is 0 Å². The van der Waals surface area contributed by atoms with Crippen LogP contribution in [0.4, 0.5) is 0 Å². The van der Waals surface area contributed by atoms with Crippen LogP contribution < -0.4 is 0 Å². The molecule has 0 spiro atoms. The molecule has 0 atom stereocenters. The Morgan fingerprint density at radius 2 is 1.74 bits per heavy atom. The van der Waals surface area contributed by atoms with Crippen molar-refractivity contribution < 1.29 is 8.42 Å². The lowest BCUT2D eigenvalue weighted by atomic mass is 9.96. The average Bonchev–Trinajstić information content (AvgIpc) is 2.89. The summed E-state index contributed by atoms with van der Waals surface area (Å²) in [5.41, 5.74) is -0.319. The molecule has 1 aliphatic heterocycles. The van der Waals surface area contributed by atoms with E-state index in [9.17, 15) is 13.7 Å². The summed E-state index contributed by atoms with van der Waals surface area (Å²) in [6, 6.07) is 2.48. The van der Waals surface area contributed by atoms with Crippen molar-refractivity contribution in [3.8, 4) is 6.07 Å². The second-order valence-corrected chi connectivity index (χ2v) is 7.64. The van der Waals surface area contributed by atoms with Crippen molar-refractivity contribution in [2.45, 2.75) is 44.6 Å². The Balaban J connectivity index is 1.98. The topological polar surface area (TPSA) is 64.4 Å². The Kier molecular flexibility index (Phi) is 4.49. The Labute approximate surface area is 116 Å². The molecule has 2 aliphatic rings. The van der Waals surface area contributed by atoms with Gasteiger partial charge in [-0.1, -0.05) is 19.8 Å². The lowest BCUT2D eigenvalue weighted by Gasteiger charge is -2.41. The number of hydrogen-bond acceptors (Lipinski definition) is 4. The maximum Gasteiger partial charge on any atom is 0.214 e. The predicted octanol–water partition coefficient (Wildman–Crippen LogP) is 1.18. The van der Waals surface area contributed by atoms with Gasteiger partial charge in [-0.15, -0.1) is 0 Å². The molecule has 6 heteroatoms. The molecule has 0 aromatic heterocycles. The quantitative estimate of drug-likeness (QED) is 0.778. The van der Waals surface area contributed by atoms with Gasteiger partial charge in [-0.3, -0.25) is 4.90 Å². The van der Waals surface area contributed by atoms with Crippen LogP contribution in [0.5, 0.6) is 0 Å². The molecule has 0 unspecified atom stereocenters. The van der Waals surface area contributed by atoms with E-state index in [1.165, 1.54) is 0 Å². The van der Waals surface area contributed by atoms with E-state index in [2.05, 4.69) is 11.0 Å². The standard InChI is InChI=1S/C13H23N3O2S/c1-2-11-19(17,18)16-9-7-15(8-10-16)13(12-14)5-3-4-6-13/h2-11H2,1H3. The highest BCUT2D eigenvalue weighted by atomic mass is 32.2. The van der Waals surface area contributed by atoms with Crippen LogP contribution in [0.1, 0.15) is 39.0 Å². The van der Waals surface area contributed by atoms with Gasteiger partial charge in [0.1, 0.15) is 5.54 Å². The van der Waals surface area contributed by atoms with E-state index in [4.69, 9.17) is 0 Å². The monoisotopic (exact) mass is 285 g/mol. The third kappa shape index (κ3) is 2.93. The Morgan fingerprint density at radius 3 is 2.21 bits per heavy atom. The van der Waals surface area contributed by atoms with Gasteiger partial charge in [0.15, 0.2) is 0 Å². The first kappa shape index (κ1) is 14.8. The van der Waals surface area contributed by atoms with Crippen LogP contribution in [-0.4, -0.2) is 55.1 Å². The van der Waals surface area contributed by atoms with Gasteiger partial charge in [-0.2, -0.15) is 9.57 Å². The fraction of sp³-hybridized carbons (Fsp3) is 0.923. The average molecular weight is 285 g/mol. The molecule has 1 aliphatic carbocycles. The van der Waals surface area contributed by atoms with Crippen molar-refractivity contribution in [2.24, 2.45) is 0 Å². The molecule has 2 rings (SSSR count). The van der Waals surface area contributed by atoms with E-state index in [1.54, 1.807) is 4.31 Å². The molecule has 0 bridgehead atoms. The van der Waals surface area contributed by atoms with E-state index in [-0.39, 0.29) is 11.3 Å². The van der Waals surface area contributed by atoms with E-state index >= 15 is 0 Å². The molecule has 1 saturated heterocycles. The molecule has 0 radical (unpaired) electrons. The maximum absolute atomic E-state index is 12.0. The van der Waals surface area contributed by atoms with Crippen molar-refractivity contribution in [3.63, 3.8) is 0 Å². The summed E-state index contributed by atoms with van der Waals surface area (Å²) in [5, 5.41) is 9.46. The lowest BCUT2D eigenvalue weighted by molar-refractivity contribution is 0.0960. The summed E-state index contributed by atoms with van der Waals surface area (Å²) in [4.78, 5) is 2.21. The Morgan fingerprint density at radius 1 is 1.16 bits per heavy atom. The smallest absolute Gasteiger partial charge is 0.214 e. The van der Waals surface area contributed by atoms with Gasteiger partial charge < -0.3 is 0 Å². The largest absolute Gasteiger partial charge is 0.283 e. The highest BCUT2D eigenvalue weighted by Crippen LogP contribution is 2.35. The summed E-state index contributed by atoms with van der Waals surface area (Å²) < 4.78 is 25.6. The Hall–Kier alpha value is -0.640. The molecular weight excluding hydrogens is 262 g/mol. The number of rotatable bonds is 4. The Bertz CT molecular complexity index is 441. The molecule has 2 fully saturated rings. The van der Waals surface area contributed by atoms with E-state index in [0.717, 1.165) is 25.7 Å². The fourth-order valence-corrected chi connectivity index (χ4v) is 4.73. The van der Waals surface area contributed by atoms with Gasteiger partial charge in [0.05, 0.1) is 11.8 Å². The fourth-order valence-electron chi connectivity index (χ4n) is 3.24. The van der Waals surface area contributed by atoms with Crippen LogP contribution in [0.15, 0.2) is 0 Å². The van der Waals surface area contributed by atoms with E-state index in [1.807, 2.05) is 6.92 Å². The van der Waals surface area contributed by atoms with Crippen LogP contribution in [0.25, 0.3) is 0 Å². The van der Waals surface area contributed by atoms with Crippen LogP contribution in [-0.2, 0) is 10.0 Å². The SMILES string of the molecule is CCCS(=O)(=O)N1CCN(C2(C#N)CCCC2)CC1. The normalized spacial score (nSPS) is 25.3. The van der Waals surface area contributed by atoms with Crippen molar-refractivity contribution in [2.75, 3.05) is 31.9 Å². The van der Waals surface area contributed by atoms with Gasteiger partial charge in [-0.05, 0) is 19.3 Å². The third-order valence-electron chi connectivity index (χ3n) is 4.34. The van der Waals surface area contributed by atoms with Crippen molar-refractivity contribution in [1.29, 1.82) is 5.26 Å². The number of piperazine rings is 1. The first-order chi connectivity index (χ1) is 9.04. The summed E-state index contributed by atoms with van der Waals surface area (Å²) >= 11 is 0. The summed E-state index contributed by atoms with van der Waals surface area (Å²) in [7, 11) is -3.08.